The molecule has 2 aromatic rings. The minimum absolute atomic E-state index is 0.00507. The summed E-state index contributed by atoms with van der Waals surface area (Å²) in [5.41, 5.74) is 3.02. The van der Waals surface area contributed by atoms with Crippen LogP contribution in [-0.2, 0) is 19.4 Å². The molecule has 0 atom stereocenters. The summed E-state index contributed by atoms with van der Waals surface area (Å²) in [6.45, 7) is 2.86. The smallest absolute Gasteiger partial charge is 0.357 e. The Kier molecular flexibility index (Phi) is 6.15. The Bertz CT molecular complexity index is 1260. The number of carboxylic acid groups (broad SMARTS) is 1. The zero-order chi connectivity index (χ0) is 23.6. The van der Waals surface area contributed by atoms with Crippen molar-refractivity contribution in [2.45, 2.75) is 6.92 Å². The highest BCUT2D eigenvalue weighted by Gasteiger charge is 2.34. The first-order valence-corrected chi connectivity index (χ1v) is 12.2. The van der Waals surface area contributed by atoms with Gasteiger partial charge in [-0.25, -0.2) is 13.2 Å². The Hall–Kier alpha value is -3.72. The van der Waals surface area contributed by atoms with E-state index in [1.165, 1.54) is 6.08 Å². The van der Waals surface area contributed by atoms with Crippen LogP contribution >= 0.6 is 0 Å². The van der Waals surface area contributed by atoms with E-state index in [2.05, 4.69) is 5.10 Å². The van der Waals surface area contributed by atoms with E-state index < -0.39 is 21.7 Å². The number of hydrogen-bond acceptors (Lipinski definition) is 6. The van der Waals surface area contributed by atoms with Crippen molar-refractivity contribution in [1.29, 1.82) is 0 Å². The van der Waals surface area contributed by atoms with Gasteiger partial charge in [0.15, 0.2) is 15.5 Å². The van der Waals surface area contributed by atoms with Crippen LogP contribution in [0.15, 0.2) is 71.4 Å². The summed E-state index contributed by atoms with van der Waals surface area (Å²) >= 11 is 0. The van der Waals surface area contributed by atoms with Crippen molar-refractivity contribution < 1.29 is 23.1 Å². The van der Waals surface area contributed by atoms with Gasteiger partial charge in [0.2, 0.25) is 0 Å². The van der Waals surface area contributed by atoms with E-state index in [4.69, 9.17) is 0 Å². The lowest BCUT2D eigenvalue weighted by atomic mass is 10.1. The maximum absolute atomic E-state index is 12.8. The van der Waals surface area contributed by atoms with Crippen LogP contribution in [0.2, 0.25) is 0 Å². The van der Waals surface area contributed by atoms with E-state index in [9.17, 15) is 23.1 Å². The predicted octanol–water partition coefficient (Wildman–Crippen LogP) is 2.66. The minimum Gasteiger partial charge on any atom is -0.476 e. The number of amides is 1. The molecule has 170 valence electrons. The van der Waals surface area contributed by atoms with Gasteiger partial charge >= 0.3 is 5.97 Å². The fourth-order valence-electron chi connectivity index (χ4n) is 3.61. The summed E-state index contributed by atoms with van der Waals surface area (Å²) in [7, 11) is -2.93. The Morgan fingerprint density at radius 3 is 2.21 bits per heavy atom. The number of benzene rings is 2. The normalized spacial score (nSPS) is 19.4. The number of anilines is 2. The molecular formula is C24H23N3O5S. The van der Waals surface area contributed by atoms with Crippen molar-refractivity contribution in [3.8, 4) is 0 Å². The second-order valence-electron chi connectivity index (χ2n) is 7.88. The quantitative estimate of drug-likeness (QED) is 0.681. The third kappa shape index (κ3) is 5.04. The van der Waals surface area contributed by atoms with Crippen molar-refractivity contribution in [2.24, 2.45) is 5.10 Å². The van der Waals surface area contributed by atoms with E-state index in [0.29, 0.717) is 18.8 Å². The SMILES string of the molecule is Cc1ccc(N2N=C(C(=O)O)/C(=C/C=C/c3ccc(N4CCS(=O)(=O)CC4)cc3)C2=O)cc1. The van der Waals surface area contributed by atoms with Gasteiger partial charge in [0.25, 0.3) is 5.91 Å². The van der Waals surface area contributed by atoms with Crippen LogP contribution in [0.5, 0.6) is 0 Å². The molecule has 0 spiro atoms. The summed E-state index contributed by atoms with van der Waals surface area (Å²) in [4.78, 5) is 26.5. The molecule has 2 aliphatic rings. The van der Waals surface area contributed by atoms with E-state index in [0.717, 1.165) is 21.8 Å². The number of carbonyl (C=O) groups excluding carboxylic acids is 1. The number of sulfone groups is 1. The topological polar surface area (TPSA) is 107 Å². The maximum atomic E-state index is 12.8. The maximum Gasteiger partial charge on any atom is 0.357 e. The number of hydrogen-bond donors (Lipinski definition) is 1. The van der Waals surface area contributed by atoms with Crippen LogP contribution in [0.1, 0.15) is 11.1 Å². The summed E-state index contributed by atoms with van der Waals surface area (Å²) in [6.07, 6.45) is 4.83. The lowest BCUT2D eigenvalue weighted by Crippen LogP contribution is -2.40. The molecule has 9 heteroatoms. The van der Waals surface area contributed by atoms with Gasteiger partial charge in [-0.15, -0.1) is 0 Å². The predicted molar refractivity (Wildman–Crippen MR) is 128 cm³/mol. The molecule has 33 heavy (non-hydrogen) atoms. The third-order valence-corrected chi connectivity index (χ3v) is 7.12. The van der Waals surface area contributed by atoms with Gasteiger partial charge in [0, 0.05) is 18.8 Å². The molecule has 0 aromatic heterocycles. The van der Waals surface area contributed by atoms with E-state index in [-0.39, 0.29) is 22.8 Å². The minimum atomic E-state index is -2.93. The first kappa shape index (κ1) is 22.5. The molecule has 0 radical (unpaired) electrons. The molecule has 2 aromatic carbocycles. The van der Waals surface area contributed by atoms with Crippen LogP contribution < -0.4 is 9.91 Å². The van der Waals surface area contributed by atoms with Crippen molar-refractivity contribution in [1.82, 2.24) is 0 Å². The molecule has 0 unspecified atom stereocenters. The number of allylic oxidation sites excluding steroid dienone is 2. The van der Waals surface area contributed by atoms with Crippen LogP contribution in [0.25, 0.3) is 6.08 Å². The number of hydrazone groups is 1. The molecule has 2 aliphatic heterocycles. The zero-order valence-electron chi connectivity index (χ0n) is 18.0. The lowest BCUT2D eigenvalue weighted by molar-refractivity contribution is -0.129. The van der Waals surface area contributed by atoms with E-state index in [1.807, 2.05) is 48.2 Å². The molecule has 0 bridgehead atoms. The average molecular weight is 466 g/mol. The van der Waals surface area contributed by atoms with Crippen LogP contribution in [-0.4, -0.2) is 55.7 Å². The lowest BCUT2D eigenvalue weighted by Gasteiger charge is -2.28. The Morgan fingerprint density at radius 2 is 1.61 bits per heavy atom. The standard InChI is InChI=1S/C24H23N3O5S/c1-17-5-9-20(10-6-17)27-23(28)21(22(25-27)24(29)30)4-2-3-18-7-11-19(12-8-18)26-13-15-33(31,32)16-14-26/h2-12H,13-16H2,1H3,(H,29,30)/b3-2+,21-4-. The number of nitrogens with zero attached hydrogens (tertiary/aromatic N) is 3. The monoisotopic (exact) mass is 465 g/mol. The fraction of sp³-hybridized carbons (Fsp3) is 0.208. The highest BCUT2D eigenvalue weighted by Crippen LogP contribution is 2.24. The van der Waals surface area contributed by atoms with Gasteiger partial charge in [-0.2, -0.15) is 10.1 Å². The average Bonchev–Trinajstić information content (AvgIpc) is 3.11. The molecule has 4 rings (SSSR count). The first-order chi connectivity index (χ1) is 15.7. The number of carbonyl (C=O) groups is 2. The number of aryl methyl sites for hydroxylation is 1. The van der Waals surface area contributed by atoms with Gasteiger partial charge in [-0.05, 0) is 42.8 Å². The van der Waals surface area contributed by atoms with E-state index in [1.54, 1.807) is 24.3 Å². The summed E-state index contributed by atoms with van der Waals surface area (Å²) < 4.78 is 23.2. The van der Waals surface area contributed by atoms with Crippen molar-refractivity contribution in [3.63, 3.8) is 0 Å². The van der Waals surface area contributed by atoms with Crippen LogP contribution in [0.4, 0.5) is 11.4 Å². The summed E-state index contributed by atoms with van der Waals surface area (Å²) in [5, 5.41) is 14.6. The summed E-state index contributed by atoms with van der Waals surface area (Å²) in [5.74, 6) is -1.46. The van der Waals surface area contributed by atoms with Gasteiger partial charge in [0.05, 0.1) is 22.8 Å². The molecule has 0 saturated carbocycles. The number of rotatable bonds is 5. The highest BCUT2D eigenvalue weighted by atomic mass is 32.2. The molecule has 2 heterocycles. The van der Waals surface area contributed by atoms with Gasteiger partial charge in [0.1, 0.15) is 0 Å². The molecule has 8 nitrogen and oxygen atoms in total. The van der Waals surface area contributed by atoms with Crippen LogP contribution in [0.3, 0.4) is 0 Å². The Labute approximate surface area is 192 Å². The van der Waals surface area contributed by atoms with E-state index >= 15 is 0 Å². The van der Waals surface area contributed by atoms with Gasteiger partial charge in [-0.1, -0.05) is 42.0 Å². The van der Waals surface area contributed by atoms with Crippen LogP contribution in [0, 0.1) is 6.92 Å². The Balaban J connectivity index is 1.49. The second-order valence-corrected chi connectivity index (χ2v) is 10.2. The molecular weight excluding hydrogens is 442 g/mol. The molecule has 0 aliphatic carbocycles. The van der Waals surface area contributed by atoms with Crippen molar-refractivity contribution in [2.75, 3.05) is 34.5 Å². The number of carboxylic acids is 1. The number of aliphatic carboxylic acids is 1. The fourth-order valence-corrected chi connectivity index (χ4v) is 4.81. The highest BCUT2D eigenvalue weighted by molar-refractivity contribution is 7.91. The first-order valence-electron chi connectivity index (χ1n) is 10.4. The molecule has 1 N–H and O–H groups in total. The summed E-state index contributed by atoms with van der Waals surface area (Å²) in [6, 6.07) is 14.7. The largest absolute Gasteiger partial charge is 0.476 e. The molecule has 1 fully saturated rings. The second kappa shape index (κ2) is 9.03. The molecule has 1 amide bonds. The Morgan fingerprint density at radius 1 is 1.00 bits per heavy atom. The van der Waals surface area contributed by atoms with Gasteiger partial charge in [-0.3, -0.25) is 4.79 Å². The van der Waals surface area contributed by atoms with Crippen molar-refractivity contribution >= 4 is 44.9 Å². The van der Waals surface area contributed by atoms with Gasteiger partial charge < -0.3 is 10.0 Å². The third-order valence-electron chi connectivity index (χ3n) is 5.51. The van der Waals surface area contributed by atoms with Crippen molar-refractivity contribution in [3.05, 3.63) is 77.4 Å². The molecule has 1 saturated heterocycles. The zero-order valence-corrected chi connectivity index (χ0v) is 18.8.